The Kier molecular flexibility index (Phi) is 3.02. The summed E-state index contributed by atoms with van der Waals surface area (Å²) in [7, 11) is 1.49. The standard InChI is InChI=1S/C11H12O3/c1-7-4-5-9(6-12)10(8(2)13)11(7)14-3/h4-6H,1-3H3. The predicted octanol–water partition coefficient (Wildman–Crippen LogP) is 2.02. The summed E-state index contributed by atoms with van der Waals surface area (Å²) in [5.41, 5.74) is 1.59. The Bertz CT molecular complexity index is 380. The number of ketones is 1. The summed E-state index contributed by atoms with van der Waals surface area (Å²) in [6.07, 6.45) is 0.665. The molecule has 74 valence electrons. The Balaban J connectivity index is 3.51. The smallest absolute Gasteiger partial charge is 0.164 e. The van der Waals surface area contributed by atoms with E-state index in [9.17, 15) is 9.59 Å². The zero-order chi connectivity index (χ0) is 10.7. The van der Waals surface area contributed by atoms with Crippen LogP contribution in [0.3, 0.4) is 0 Å². The van der Waals surface area contributed by atoms with Gasteiger partial charge in [-0.05, 0) is 19.4 Å². The first kappa shape index (κ1) is 10.4. The minimum Gasteiger partial charge on any atom is -0.496 e. The molecule has 14 heavy (non-hydrogen) atoms. The molecule has 0 saturated heterocycles. The van der Waals surface area contributed by atoms with Gasteiger partial charge in [0.1, 0.15) is 5.75 Å². The number of benzene rings is 1. The SMILES string of the molecule is COc1c(C)ccc(C=O)c1C(C)=O. The minimum absolute atomic E-state index is 0.160. The van der Waals surface area contributed by atoms with E-state index in [2.05, 4.69) is 0 Å². The highest BCUT2D eigenvalue weighted by atomic mass is 16.5. The van der Waals surface area contributed by atoms with Crippen LogP contribution in [-0.4, -0.2) is 19.2 Å². The van der Waals surface area contributed by atoms with Crippen LogP contribution in [0.15, 0.2) is 12.1 Å². The van der Waals surface area contributed by atoms with E-state index in [0.717, 1.165) is 5.56 Å². The quantitative estimate of drug-likeness (QED) is 0.543. The Hall–Kier alpha value is -1.64. The molecule has 0 atom stereocenters. The monoisotopic (exact) mass is 192 g/mol. The molecule has 0 amide bonds. The minimum atomic E-state index is -0.160. The molecule has 1 rings (SSSR count). The summed E-state index contributed by atoms with van der Waals surface area (Å²) in [5.74, 6) is 0.328. The van der Waals surface area contributed by atoms with Gasteiger partial charge in [0.05, 0.1) is 12.7 Å². The van der Waals surface area contributed by atoms with E-state index < -0.39 is 0 Å². The van der Waals surface area contributed by atoms with Crippen molar-refractivity contribution in [3.63, 3.8) is 0 Å². The van der Waals surface area contributed by atoms with Gasteiger partial charge in [0.2, 0.25) is 0 Å². The summed E-state index contributed by atoms with van der Waals surface area (Å²) in [6, 6.07) is 3.39. The Morgan fingerprint density at radius 2 is 2.07 bits per heavy atom. The molecule has 0 aliphatic carbocycles. The lowest BCUT2D eigenvalue weighted by Crippen LogP contribution is -2.04. The largest absolute Gasteiger partial charge is 0.496 e. The van der Waals surface area contributed by atoms with Gasteiger partial charge in [0.15, 0.2) is 12.1 Å². The normalized spacial score (nSPS) is 9.64. The van der Waals surface area contributed by atoms with Gasteiger partial charge in [-0.25, -0.2) is 0 Å². The van der Waals surface area contributed by atoms with Crippen LogP contribution in [-0.2, 0) is 0 Å². The number of aldehydes is 1. The number of hydrogen-bond donors (Lipinski definition) is 0. The van der Waals surface area contributed by atoms with Crippen LogP contribution in [0, 0.1) is 6.92 Å². The molecular weight excluding hydrogens is 180 g/mol. The molecular formula is C11H12O3. The van der Waals surface area contributed by atoms with Gasteiger partial charge in [0.25, 0.3) is 0 Å². The molecule has 0 saturated carbocycles. The lowest BCUT2D eigenvalue weighted by molar-refractivity contribution is 0.100. The van der Waals surface area contributed by atoms with E-state index in [-0.39, 0.29) is 5.78 Å². The molecule has 0 aliphatic heterocycles. The van der Waals surface area contributed by atoms with E-state index in [1.807, 2.05) is 6.92 Å². The third-order valence-electron chi connectivity index (χ3n) is 2.07. The fourth-order valence-corrected chi connectivity index (χ4v) is 1.43. The maximum absolute atomic E-state index is 11.3. The zero-order valence-electron chi connectivity index (χ0n) is 8.46. The fraction of sp³-hybridized carbons (Fsp3) is 0.273. The third kappa shape index (κ3) is 1.66. The van der Waals surface area contributed by atoms with Crippen LogP contribution >= 0.6 is 0 Å². The number of aryl methyl sites for hydroxylation is 1. The van der Waals surface area contributed by atoms with E-state index in [0.29, 0.717) is 23.2 Å². The van der Waals surface area contributed by atoms with Gasteiger partial charge in [0, 0.05) is 5.56 Å². The number of rotatable bonds is 3. The number of hydrogen-bond acceptors (Lipinski definition) is 3. The molecule has 0 fully saturated rings. The number of methoxy groups -OCH3 is 1. The highest BCUT2D eigenvalue weighted by Gasteiger charge is 2.15. The lowest BCUT2D eigenvalue weighted by Gasteiger charge is -2.10. The second-order valence-electron chi connectivity index (χ2n) is 3.05. The Morgan fingerprint density at radius 3 is 2.50 bits per heavy atom. The van der Waals surface area contributed by atoms with Crippen LogP contribution in [0.2, 0.25) is 0 Å². The topological polar surface area (TPSA) is 43.4 Å². The number of ether oxygens (including phenoxy) is 1. The highest BCUT2D eigenvalue weighted by molar-refractivity contribution is 6.04. The van der Waals surface area contributed by atoms with Crippen LogP contribution in [0.4, 0.5) is 0 Å². The molecule has 0 heterocycles. The molecule has 1 aromatic rings. The number of carbonyl (C=O) groups is 2. The van der Waals surface area contributed by atoms with E-state index in [1.165, 1.54) is 14.0 Å². The summed E-state index contributed by atoms with van der Waals surface area (Å²) < 4.78 is 5.10. The van der Waals surface area contributed by atoms with Crippen molar-refractivity contribution in [2.24, 2.45) is 0 Å². The first-order valence-corrected chi connectivity index (χ1v) is 4.25. The molecule has 0 aliphatic rings. The van der Waals surface area contributed by atoms with Gasteiger partial charge < -0.3 is 4.74 Å². The van der Waals surface area contributed by atoms with Gasteiger partial charge in [-0.1, -0.05) is 12.1 Å². The molecule has 0 bridgehead atoms. The van der Waals surface area contributed by atoms with Gasteiger partial charge in [-0.15, -0.1) is 0 Å². The maximum Gasteiger partial charge on any atom is 0.164 e. The average Bonchev–Trinajstić information content (AvgIpc) is 2.17. The van der Waals surface area contributed by atoms with Crippen LogP contribution < -0.4 is 4.74 Å². The van der Waals surface area contributed by atoms with Crippen LogP contribution in [0.5, 0.6) is 5.75 Å². The maximum atomic E-state index is 11.3. The van der Waals surface area contributed by atoms with Gasteiger partial charge in [-0.3, -0.25) is 9.59 Å². The van der Waals surface area contributed by atoms with Crippen molar-refractivity contribution < 1.29 is 14.3 Å². The van der Waals surface area contributed by atoms with E-state index in [4.69, 9.17) is 4.74 Å². The van der Waals surface area contributed by atoms with E-state index >= 15 is 0 Å². The molecule has 0 unspecified atom stereocenters. The van der Waals surface area contributed by atoms with Crippen molar-refractivity contribution in [1.29, 1.82) is 0 Å². The Labute approximate surface area is 82.7 Å². The summed E-state index contributed by atoms with van der Waals surface area (Å²) in [6.45, 7) is 3.25. The second kappa shape index (κ2) is 4.05. The fourth-order valence-electron chi connectivity index (χ4n) is 1.43. The van der Waals surface area contributed by atoms with Crippen LogP contribution in [0.25, 0.3) is 0 Å². The number of Topliss-reactive ketones (excluding diaryl/α,β-unsaturated/α-hetero) is 1. The van der Waals surface area contributed by atoms with Crippen molar-refractivity contribution in [2.75, 3.05) is 7.11 Å². The van der Waals surface area contributed by atoms with Crippen molar-refractivity contribution in [1.82, 2.24) is 0 Å². The van der Waals surface area contributed by atoms with Gasteiger partial charge >= 0.3 is 0 Å². The van der Waals surface area contributed by atoms with Crippen molar-refractivity contribution in [2.45, 2.75) is 13.8 Å². The first-order valence-electron chi connectivity index (χ1n) is 4.25. The third-order valence-corrected chi connectivity index (χ3v) is 2.07. The molecule has 0 N–H and O–H groups in total. The molecule has 3 nitrogen and oxygen atoms in total. The zero-order valence-corrected chi connectivity index (χ0v) is 8.46. The molecule has 3 heteroatoms. The first-order chi connectivity index (χ1) is 6.61. The van der Waals surface area contributed by atoms with Crippen LogP contribution in [0.1, 0.15) is 33.2 Å². The molecule has 0 aromatic heterocycles. The van der Waals surface area contributed by atoms with Crippen molar-refractivity contribution >= 4 is 12.1 Å². The summed E-state index contributed by atoms with van der Waals surface area (Å²) in [5, 5.41) is 0. The summed E-state index contributed by atoms with van der Waals surface area (Å²) in [4.78, 5) is 22.0. The van der Waals surface area contributed by atoms with E-state index in [1.54, 1.807) is 12.1 Å². The highest BCUT2D eigenvalue weighted by Crippen LogP contribution is 2.26. The number of carbonyl (C=O) groups excluding carboxylic acids is 2. The summed E-state index contributed by atoms with van der Waals surface area (Å²) >= 11 is 0. The van der Waals surface area contributed by atoms with Gasteiger partial charge in [-0.2, -0.15) is 0 Å². The van der Waals surface area contributed by atoms with Crippen molar-refractivity contribution in [3.05, 3.63) is 28.8 Å². The second-order valence-corrected chi connectivity index (χ2v) is 3.05. The van der Waals surface area contributed by atoms with Crippen molar-refractivity contribution in [3.8, 4) is 5.75 Å². The predicted molar refractivity (Wildman–Crippen MR) is 53.1 cm³/mol. The lowest BCUT2D eigenvalue weighted by atomic mass is 10.0. The molecule has 0 spiro atoms. The Morgan fingerprint density at radius 1 is 1.43 bits per heavy atom. The molecule has 0 radical (unpaired) electrons. The molecule has 1 aromatic carbocycles. The average molecular weight is 192 g/mol.